The molecule has 1 aliphatic rings. The second-order valence-corrected chi connectivity index (χ2v) is 6.86. The van der Waals surface area contributed by atoms with Crippen LogP contribution in [0.2, 0.25) is 0 Å². The van der Waals surface area contributed by atoms with Crippen LogP contribution >= 0.6 is 0 Å². The van der Waals surface area contributed by atoms with Gasteiger partial charge in [-0.3, -0.25) is 4.98 Å². The highest BCUT2D eigenvalue weighted by atomic mass is 32.2. The number of piperidine rings is 1. The summed E-state index contributed by atoms with van der Waals surface area (Å²) in [7, 11) is -2.12. The number of sulfonamides is 1. The van der Waals surface area contributed by atoms with E-state index in [-0.39, 0.29) is 4.90 Å². The minimum Gasteiger partial charge on any atom is -0.317 e. The van der Waals surface area contributed by atoms with E-state index in [1.165, 1.54) is 17.5 Å². The summed E-state index contributed by atoms with van der Waals surface area (Å²) in [5.74, 6) is -0.293. The molecule has 106 valence electrons. The maximum absolute atomic E-state index is 13.1. The fraction of sp³-hybridized carbons (Fsp3) is 0.583. The molecule has 1 aromatic heterocycles. The molecule has 5 nitrogen and oxygen atoms in total. The number of nitrogens with zero attached hydrogens (tertiary/aromatic N) is 2. The molecule has 0 atom stereocenters. The first-order valence-electron chi connectivity index (χ1n) is 6.28. The van der Waals surface area contributed by atoms with E-state index in [1.807, 2.05) is 0 Å². The lowest BCUT2D eigenvalue weighted by Gasteiger charge is -2.27. The van der Waals surface area contributed by atoms with E-state index < -0.39 is 15.8 Å². The lowest BCUT2D eigenvalue weighted by Crippen LogP contribution is -2.37. The third-order valence-corrected chi connectivity index (χ3v) is 5.15. The van der Waals surface area contributed by atoms with Crippen LogP contribution < -0.4 is 5.32 Å². The molecule has 1 aliphatic heterocycles. The third kappa shape index (κ3) is 3.49. The topological polar surface area (TPSA) is 62.3 Å². The van der Waals surface area contributed by atoms with E-state index in [2.05, 4.69) is 10.3 Å². The summed E-state index contributed by atoms with van der Waals surface area (Å²) >= 11 is 0. The maximum Gasteiger partial charge on any atom is 0.244 e. The van der Waals surface area contributed by atoms with Crippen molar-refractivity contribution in [2.45, 2.75) is 17.7 Å². The predicted octanol–water partition coefficient (Wildman–Crippen LogP) is 0.841. The monoisotopic (exact) mass is 287 g/mol. The van der Waals surface area contributed by atoms with Crippen LogP contribution in [-0.2, 0) is 10.0 Å². The largest absolute Gasteiger partial charge is 0.317 e. The Morgan fingerprint density at radius 1 is 1.42 bits per heavy atom. The molecule has 0 spiro atoms. The molecule has 1 N–H and O–H groups in total. The van der Waals surface area contributed by atoms with Gasteiger partial charge in [-0.1, -0.05) is 0 Å². The SMILES string of the molecule is CN(CC1CCNCC1)S(=O)(=O)c1cncc(F)c1. The lowest BCUT2D eigenvalue weighted by molar-refractivity contribution is 0.311. The van der Waals surface area contributed by atoms with Gasteiger partial charge in [0.25, 0.3) is 0 Å². The van der Waals surface area contributed by atoms with Gasteiger partial charge in [0.2, 0.25) is 10.0 Å². The molecular weight excluding hydrogens is 269 g/mol. The molecule has 1 saturated heterocycles. The van der Waals surface area contributed by atoms with E-state index in [0.717, 1.165) is 38.2 Å². The highest BCUT2D eigenvalue weighted by Gasteiger charge is 2.25. The Balaban J connectivity index is 2.10. The van der Waals surface area contributed by atoms with Crippen molar-refractivity contribution in [3.8, 4) is 0 Å². The molecule has 0 amide bonds. The van der Waals surface area contributed by atoms with Gasteiger partial charge in [0.1, 0.15) is 10.7 Å². The van der Waals surface area contributed by atoms with Crippen molar-refractivity contribution in [2.24, 2.45) is 5.92 Å². The summed E-state index contributed by atoms with van der Waals surface area (Å²) in [6, 6.07) is 1.00. The second-order valence-electron chi connectivity index (χ2n) is 4.82. The Hall–Kier alpha value is -1.05. The number of rotatable bonds is 4. The molecule has 0 unspecified atom stereocenters. The van der Waals surface area contributed by atoms with Crippen molar-refractivity contribution in [3.63, 3.8) is 0 Å². The van der Waals surface area contributed by atoms with Crippen LogP contribution in [0, 0.1) is 11.7 Å². The number of hydrogen-bond donors (Lipinski definition) is 1. The van der Waals surface area contributed by atoms with Crippen LogP contribution in [0.1, 0.15) is 12.8 Å². The average Bonchev–Trinajstić information content (AvgIpc) is 2.40. The van der Waals surface area contributed by atoms with E-state index in [0.29, 0.717) is 12.5 Å². The van der Waals surface area contributed by atoms with Crippen LogP contribution in [0.15, 0.2) is 23.4 Å². The molecule has 2 heterocycles. The van der Waals surface area contributed by atoms with Crippen molar-refractivity contribution in [1.29, 1.82) is 0 Å². The maximum atomic E-state index is 13.1. The van der Waals surface area contributed by atoms with Gasteiger partial charge in [-0.25, -0.2) is 17.1 Å². The first kappa shape index (κ1) is 14.4. The Morgan fingerprint density at radius 3 is 2.74 bits per heavy atom. The minimum absolute atomic E-state index is 0.0936. The number of pyridine rings is 1. The van der Waals surface area contributed by atoms with Crippen LogP contribution in [0.25, 0.3) is 0 Å². The molecule has 2 rings (SSSR count). The minimum atomic E-state index is -3.65. The Bertz CT molecular complexity index is 530. The number of hydrogen-bond acceptors (Lipinski definition) is 4. The smallest absolute Gasteiger partial charge is 0.244 e. The third-order valence-electron chi connectivity index (χ3n) is 3.36. The first-order chi connectivity index (χ1) is 9.00. The highest BCUT2D eigenvalue weighted by Crippen LogP contribution is 2.19. The van der Waals surface area contributed by atoms with Crippen molar-refractivity contribution in [2.75, 3.05) is 26.7 Å². The standard InChI is InChI=1S/C12H18FN3O2S/c1-16(9-10-2-4-14-5-3-10)19(17,18)12-6-11(13)7-15-8-12/h6-8,10,14H,2-5,9H2,1H3. The van der Waals surface area contributed by atoms with Gasteiger partial charge in [0.15, 0.2) is 0 Å². The molecule has 7 heteroatoms. The number of nitrogens with one attached hydrogen (secondary N) is 1. The predicted molar refractivity (Wildman–Crippen MR) is 69.6 cm³/mol. The summed E-state index contributed by atoms with van der Waals surface area (Å²) in [5, 5.41) is 3.24. The summed E-state index contributed by atoms with van der Waals surface area (Å²) in [5.41, 5.74) is 0. The molecule has 0 radical (unpaired) electrons. The van der Waals surface area contributed by atoms with Crippen LogP contribution in [0.3, 0.4) is 0 Å². The van der Waals surface area contributed by atoms with Gasteiger partial charge in [-0.05, 0) is 37.9 Å². The molecular formula is C12H18FN3O2S. The molecule has 1 aromatic rings. The van der Waals surface area contributed by atoms with Crippen LogP contribution in [0.5, 0.6) is 0 Å². The van der Waals surface area contributed by atoms with Crippen molar-refractivity contribution in [1.82, 2.24) is 14.6 Å². The molecule has 0 saturated carbocycles. The van der Waals surface area contributed by atoms with Crippen LogP contribution in [-0.4, -0.2) is 44.4 Å². The lowest BCUT2D eigenvalue weighted by atomic mass is 9.98. The van der Waals surface area contributed by atoms with E-state index in [9.17, 15) is 12.8 Å². The zero-order valence-electron chi connectivity index (χ0n) is 10.8. The summed E-state index contributed by atoms with van der Waals surface area (Å²) in [6.45, 7) is 2.29. The summed E-state index contributed by atoms with van der Waals surface area (Å²) < 4.78 is 38.9. The van der Waals surface area contributed by atoms with E-state index in [1.54, 1.807) is 0 Å². The summed E-state index contributed by atoms with van der Waals surface area (Å²) in [4.78, 5) is 3.50. The Labute approximate surface area is 112 Å². The van der Waals surface area contributed by atoms with Gasteiger partial charge in [0.05, 0.1) is 6.20 Å². The average molecular weight is 287 g/mol. The summed E-state index contributed by atoms with van der Waals surface area (Å²) in [6.07, 6.45) is 4.09. The van der Waals surface area contributed by atoms with Crippen molar-refractivity contribution < 1.29 is 12.8 Å². The van der Waals surface area contributed by atoms with E-state index >= 15 is 0 Å². The van der Waals surface area contributed by atoms with Gasteiger partial charge in [-0.2, -0.15) is 0 Å². The molecule has 1 fully saturated rings. The van der Waals surface area contributed by atoms with Gasteiger partial charge in [0, 0.05) is 19.8 Å². The normalized spacial score (nSPS) is 17.8. The fourth-order valence-electron chi connectivity index (χ4n) is 2.24. The fourth-order valence-corrected chi connectivity index (χ4v) is 3.46. The quantitative estimate of drug-likeness (QED) is 0.891. The molecule has 0 bridgehead atoms. The highest BCUT2D eigenvalue weighted by molar-refractivity contribution is 7.89. The zero-order chi connectivity index (χ0) is 13.9. The van der Waals surface area contributed by atoms with Gasteiger partial charge >= 0.3 is 0 Å². The second kappa shape index (κ2) is 5.94. The molecule has 19 heavy (non-hydrogen) atoms. The zero-order valence-corrected chi connectivity index (χ0v) is 11.7. The molecule has 0 aliphatic carbocycles. The number of aromatic nitrogens is 1. The number of halogens is 1. The van der Waals surface area contributed by atoms with E-state index in [4.69, 9.17) is 0 Å². The Morgan fingerprint density at radius 2 is 2.11 bits per heavy atom. The Kier molecular flexibility index (Phi) is 4.49. The first-order valence-corrected chi connectivity index (χ1v) is 7.72. The van der Waals surface area contributed by atoms with Crippen LogP contribution in [0.4, 0.5) is 4.39 Å². The van der Waals surface area contributed by atoms with Crippen molar-refractivity contribution in [3.05, 3.63) is 24.3 Å². The molecule has 0 aromatic carbocycles. The van der Waals surface area contributed by atoms with Gasteiger partial charge in [-0.15, -0.1) is 0 Å². The van der Waals surface area contributed by atoms with Crippen molar-refractivity contribution >= 4 is 10.0 Å². The van der Waals surface area contributed by atoms with Gasteiger partial charge < -0.3 is 5.32 Å².